The van der Waals surface area contributed by atoms with E-state index in [-0.39, 0.29) is 11.9 Å². The van der Waals surface area contributed by atoms with E-state index in [0.717, 1.165) is 25.8 Å². The minimum atomic E-state index is -0.719. The first-order chi connectivity index (χ1) is 9.48. The van der Waals surface area contributed by atoms with Gasteiger partial charge in [-0.05, 0) is 20.4 Å². The van der Waals surface area contributed by atoms with Crippen LogP contribution in [0.3, 0.4) is 0 Å². The minimum Gasteiger partial charge on any atom is -0.388 e. The lowest BCUT2D eigenvalue weighted by atomic mass is 9.93. The third-order valence-corrected chi connectivity index (χ3v) is 4.09. The van der Waals surface area contributed by atoms with Gasteiger partial charge in [-0.3, -0.25) is 9.69 Å². The van der Waals surface area contributed by atoms with Crippen LogP contribution >= 0.6 is 0 Å². The molecule has 0 aromatic rings. The Morgan fingerprint density at radius 3 is 2.65 bits per heavy atom. The average Bonchev–Trinajstić information content (AvgIpc) is 2.42. The zero-order valence-electron chi connectivity index (χ0n) is 13.2. The monoisotopic (exact) mass is 286 g/mol. The number of rotatable bonds is 8. The zero-order chi connectivity index (χ0) is 15.0. The molecule has 20 heavy (non-hydrogen) atoms. The SMILES string of the molecule is CCCCCNC(=O)C(C)N(C)CC1(O)CCOCC1. The number of carbonyl (C=O) groups is 1. The Morgan fingerprint density at radius 2 is 2.05 bits per heavy atom. The fourth-order valence-corrected chi connectivity index (χ4v) is 2.45. The molecular formula is C15H30N2O3. The number of amides is 1. The summed E-state index contributed by atoms with van der Waals surface area (Å²) in [5, 5.41) is 13.4. The molecule has 1 unspecified atom stereocenters. The van der Waals surface area contributed by atoms with E-state index >= 15 is 0 Å². The molecule has 5 nitrogen and oxygen atoms in total. The number of nitrogens with one attached hydrogen (secondary N) is 1. The molecule has 1 aliphatic rings. The molecule has 1 saturated heterocycles. The predicted octanol–water partition coefficient (Wildman–Crippen LogP) is 1.15. The molecule has 1 atom stereocenters. The zero-order valence-corrected chi connectivity index (χ0v) is 13.2. The fraction of sp³-hybridized carbons (Fsp3) is 0.933. The Kier molecular flexibility index (Phi) is 7.48. The van der Waals surface area contributed by atoms with E-state index < -0.39 is 5.60 Å². The van der Waals surface area contributed by atoms with Gasteiger partial charge in [-0.1, -0.05) is 19.8 Å². The smallest absolute Gasteiger partial charge is 0.237 e. The number of likely N-dealkylation sites (N-methyl/N-ethyl adjacent to an activating group) is 1. The van der Waals surface area contributed by atoms with Crippen LogP contribution in [0, 0.1) is 0 Å². The van der Waals surface area contributed by atoms with E-state index in [9.17, 15) is 9.90 Å². The highest BCUT2D eigenvalue weighted by Crippen LogP contribution is 2.21. The molecule has 1 aliphatic heterocycles. The van der Waals surface area contributed by atoms with Crippen LogP contribution in [0.5, 0.6) is 0 Å². The van der Waals surface area contributed by atoms with Gasteiger partial charge in [0.1, 0.15) is 0 Å². The molecule has 0 aliphatic carbocycles. The number of nitrogens with zero attached hydrogens (tertiary/aromatic N) is 1. The van der Waals surface area contributed by atoms with Crippen molar-refractivity contribution in [3.63, 3.8) is 0 Å². The highest BCUT2D eigenvalue weighted by molar-refractivity contribution is 5.81. The highest BCUT2D eigenvalue weighted by Gasteiger charge is 2.33. The summed E-state index contributed by atoms with van der Waals surface area (Å²) < 4.78 is 5.27. The van der Waals surface area contributed by atoms with E-state index in [1.54, 1.807) is 0 Å². The summed E-state index contributed by atoms with van der Waals surface area (Å²) in [6.07, 6.45) is 4.61. The van der Waals surface area contributed by atoms with E-state index in [1.807, 2.05) is 18.9 Å². The van der Waals surface area contributed by atoms with Crippen molar-refractivity contribution >= 4 is 5.91 Å². The number of hydrogen-bond donors (Lipinski definition) is 2. The molecule has 1 heterocycles. The van der Waals surface area contributed by atoms with Crippen LogP contribution < -0.4 is 5.32 Å². The summed E-state index contributed by atoms with van der Waals surface area (Å²) in [4.78, 5) is 14.0. The average molecular weight is 286 g/mol. The van der Waals surface area contributed by atoms with Crippen molar-refractivity contribution < 1.29 is 14.6 Å². The third kappa shape index (κ3) is 5.77. The maximum atomic E-state index is 12.0. The molecule has 0 spiro atoms. The maximum Gasteiger partial charge on any atom is 0.237 e. The first-order valence-corrected chi connectivity index (χ1v) is 7.76. The van der Waals surface area contributed by atoms with Crippen molar-refractivity contribution in [1.82, 2.24) is 10.2 Å². The number of aliphatic hydroxyl groups is 1. The summed E-state index contributed by atoms with van der Waals surface area (Å²) in [7, 11) is 1.89. The van der Waals surface area contributed by atoms with Crippen LogP contribution in [-0.2, 0) is 9.53 Å². The van der Waals surface area contributed by atoms with Gasteiger partial charge in [-0.25, -0.2) is 0 Å². The standard InChI is InChI=1S/C15H30N2O3/c1-4-5-6-9-16-14(18)13(2)17(3)12-15(19)7-10-20-11-8-15/h13,19H,4-12H2,1-3H3,(H,16,18). The Balaban J connectivity index is 2.33. The first-order valence-electron chi connectivity index (χ1n) is 7.76. The van der Waals surface area contributed by atoms with Crippen molar-refractivity contribution in [2.24, 2.45) is 0 Å². The summed E-state index contributed by atoms with van der Waals surface area (Å²) in [5.74, 6) is 0.0410. The largest absolute Gasteiger partial charge is 0.388 e. The number of carbonyl (C=O) groups excluding carboxylic acids is 1. The molecule has 1 amide bonds. The lowest BCUT2D eigenvalue weighted by Crippen LogP contribution is -2.51. The van der Waals surface area contributed by atoms with Gasteiger partial charge < -0.3 is 15.2 Å². The van der Waals surface area contributed by atoms with Gasteiger partial charge in [0.15, 0.2) is 0 Å². The van der Waals surface area contributed by atoms with Crippen LogP contribution in [0.25, 0.3) is 0 Å². The van der Waals surface area contributed by atoms with Gasteiger partial charge in [0.25, 0.3) is 0 Å². The summed E-state index contributed by atoms with van der Waals surface area (Å²) in [5.41, 5.74) is -0.719. The van der Waals surface area contributed by atoms with Gasteiger partial charge >= 0.3 is 0 Å². The van der Waals surface area contributed by atoms with Crippen LogP contribution in [0.15, 0.2) is 0 Å². The molecule has 0 radical (unpaired) electrons. The second-order valence-corrected chi connectivity index (χ2v) is 5.93. The van der Waals surface area contributed by atoms with Crippen molar-refractivity contribution in [1.29, 1.82) is 0 Å². The molecule has 1 fully saturated rings. The maximum absolute atomic E-state index is 12.0. The molecule has 0 aromatic carbocycles. The lowest BCUT2D eigenvalue weighted by molar-refractivity contribution is -0.128. The Labute approximate surface area is 122 Å². The van der Waals surface area contributed by atoms with Gasteiger partial charge in [0.05, 0.1) is 11.6 Å². The second-order valence-electron chi connectivity index (χ2n) is 5.93. The van der Waals surface area contributed by atoms with E-state index in [4.69, 9.17) is 4.74 Å². The van der Waals surface area contributed by atoms with E-state index in [2.05, 4.69) is 12.2 Å². The van der Waals surface area contributed by atoms with Crippen LogP contribution in [0.1, 0.15) is 46.0 Å². The van der Waals surface area contributed by atoms with Crippen molar-refractivity contribution in [2.45, 2.75) is 57.6 Å². The second kappa shape index (κ2) is 8.60. The van der Waals surface area contributed by atoms with Gasteiger partial charge in [-0.15, -0.1) is 0 Å². The van der Waals surface area contributed by atoms with E-state index in [0.29, 0.717) is 32.6 Å². The van der Waals surface area contributed by atoms with Crippen molar-refractivity contribution in [3.05, 3.63) is 0 Å². The molecule has 5 heteroatoms. The van der Waals surface area contributed by atoms with Crippen LogP contribution in [0.4, 0.5) is 0 Å². The lowest BCUT2D eigenvalue weighted by Gasteiger charge is -2.37. The minimum absolute atomic E-state index is 0.0410. The Bertz CT molecular complexity index is 291. The summed E-state index contributed by atoms with van der Waals surface area (Å²) in [6, 6.07) is -0.219. The molecule has 0 aromatic heterocycles. The molecule has 118 valence electrons. The number of ether oxygens (including phenoxy) is 1. The molecule has 0 bridgehead atoms. The predicted molar refractivity (Wildman–Crippen MR) is 79.6 cm³/mol. The Morgan fingerprint density at radius 1 is 1.40 bits per heavy atom. The van der Waals surface area contributed by atoms with Crippen LogP contribution in [-0.4, -0.2) is 60.9 Å². The summed E-state index contributed by atoms with van der Waals surface area (Å²) in [6.45, 7) is 6.48. The third-order valence-electron chi connectivity index (χ3n) is 4.09. The molecule has 2 N–H and O–H groups in total. The fourth-order valence-electron chi connectivity index (χ4n) is 2.45. The van der Waals surface area contributed by atoms with Gasteiger partial charge in [-0.2, -0.15) is 0 Å². The van der Waals surface area contributed by atoms with Crippen molar-refractivity contribution in [3.8, 4) is 0 Å². The quantitative estimate of drug-likeness (QED) is 0.657. The summed E-state index contributed by atoms with van der Waals surface area (Å²) >= 11 is 0. The van der Waals surface area contributed by atoms with E-state index in [1.165, 1.54) is 0 Å². The number of hydrogen-bond acceptors (Lipinski definition) is 4. The van der Waals surface area contributed by atoms with Crippen molar-refractivity contribution in [2.75, 3.05) is 33.4 Å². The van der Waals surface area contributed by atoms with Gasteiger partial charge in [0.2, 0.25) is 5.91 Å². The Hall–Kier alpha value is -0.650. The normalized spacial score (nSPS) is 19.9. The molecule has 0 saturated carbocycles. The number of unbranched alkanes of at least 4 members (excludes halogenated alkanes) is 2. The first kappa shape index (κ1) is 17.4. The van der Waals surface area contributed by atoms with Crippen LogP contribution in [0.2, 0.25) is 0 Å². The highest BCUT2D eigenvalue weighted by atomic mass is 16.5. The molecular weight excluding hydrogens is 256 g/mol. The molecule has 1 rings (SSSR count). The topological polar surface area (TPSA) is 61.8 Å². The van der Waals surface area contributed by atoms with Gasteiger partial charge in [0, 0.05) is 39.1 Å².